The molecule has 1 saturated heterocycles. The number of aromatic nitrogens is 1. The van der Waals surface area contributed by atoms with E-state index in [9.17, 15) is 9.90 Å². The van der Waals surface area contributed by atoms with Crippen molar-refractivity contribution in [3.05, 3.63) is 53.7 Å². The highest BCUT2D eigenvalue weighted by atomic mass is 16.5. The van der Waals surface area contributed by atoms with Gasteiger partial charge >= 0.3 is 0 Å². The monoisotopic (exact) mass is 363 g/mol. The first kappa shape index (κ1) is 16.1. The Labute approximate surface area is 156 Å². The molecule has 0 saturated carbocycles. The molecule has 2 aromatic carbocycles. The van der Waals surface area contributed by atoms with E-state index in [0.29, 0.717) is 17.0 Å². The summed E-state index contributed by atoms with van der Waals surface area (Å²) >= 11 is 0. The Morgan fingerprint density at radius 1 is 1.26 bits per heavy atom. The van der Waals surface area contributed by atoms with Crippen molar-refractivity contribution in [3.63, 3.8) is 0 Å². The molecule has 0 radical (unpaired) electrons. The standard InChI is InChI=1S/C21H21N3O3/c1-27-19-9-13-16(10-18(19)25)23-20(17-7-4-8-24(17)21(13)26)14-11-22-15-6-3-2-5-12(14)15/h2-3,5-6,9-11,17,20,22-23,25H,4,7-8H2,1H3/t17-,20-/m0/s1. The van der Waals surface area contributed by atoms with Gasteiger partial charge in [-0.2, -0.15) is 0 Å². The lowest BCUT2D eigenvalue weighted by atomic mass is 9.97. The van der Waals surface area contributed by atoms with Crippen LogP contribution in [0.25, 0.3) is 10.9 Å². The SMILES string of the molecule is COc1cc2c(cc1O)N[C@@H](c1c[nH]c3ccccc13)[C@@H]1CCCN1C2=O. The van der Waals surface area contributed by atoms with Gasteiger partial charge in [-0.3, -0.25) is 4.79 Å². The summed E-state index contributed by atoms with van der Waals surface area (Å²) in [4.78, 5) is 18.5. The molecule has 27 heavy (non-hydrogen) atoms. The van der Waals surface area contributed by atoms with Gasteiger partial charge in [0.2, 0.25) is 0 Å². The van der Waals surface area contributed by atoms with E-state index in [1.54, 1.807) is 12.1 Å². The van der Waals surface area contributed by atoms with Crippen LogP contribution in [-0.4, -0.2) is 40.6 Å². The summed E-state index contributed by atoms with van der Waals surface area (Å²) in [6.45, 7) is 0.743. The Hall–Kier alpha value is -3.15. The second-order valence-electron chi connectivity index (χ2n) is 7.19. The summed E-state index contributed by atoms with van der Waals surface area (Å²) in [6.07, 6.45) is 3.96. The molecule has 2 aliphatic heterocycles. The summed E-state index contributed by atoms with van der Waals surface area (Å²) < 4.78 is 5.21. The molecule has 1 fully saturated rings. The maximum absolute atomic E-state index is 13.2. The van der Waals surface area contributed by atoms with Crippen LogP contribution < -0.4 is 10.1 Å². The molecule has 2 atom stereocenters. The molecule has 138 valence electrons. The highest BCUT2D eigenvalue weighted by Gasteiger charge is 2.40. The number of hydrogen-bond donors (Lipinski definition) is 3. The second-order valence-corrected chi connectivity index (χ2v) is 7.19. The predicted octanol–water partition coefficient (Wildman–Crippen LogP) is 3.65. The van der Waals surface area contributed by atoms with E-state index in [0.717, 1.165) is 35.9 Å². The van der Waals surface area contributed by atoms with Gasteiger partial charge in [0.05, 0.1) is 30.4 Å². The number of carbonyl (C=O) groups is 1. The molecular weight excluding hydrogens is 342 g/mol. The van der Waals surface area contributed by atoms with Crippen LogP contribution in [0.4, 0.5) is 5.69 Å². The number of nitrogens with zero attached hydrogens (tertiary/aromatic N) is 1. The quantitative estimate of drug-likeness (QED) is 0.649. The molecule has 0 unspecified atom stereocenters. The number of carbonyl (C=O) groups excluding carboxylic acids is 1. The Kier molecular flexibility index (Phi) is 3.53. The van der Waals surface area contributed by atoms with Gasteiger partial charge in [0.15, 0.2) is 11.5 Å². The van der Waals surface area contributed by atoms with E-state index < -0.39 is 0 Å². The van der Waals surface area contributed by atoms with E-state index in [4.69, 9.17) is 4.74 Å². The molecule has 3 heterocycles. The summed E-state index contributed by atoms with van der Waals surface area (Å²) in [6, 6.07) is 11.4. The third-order valence-corrected chi connectivity index (χ3v) is 5.76. The van der Waals surface area contributed by atoms with E-state index in [1.165, 1.54) is 7.11 Å². The number of anilines is 1. The summed E-state index contributed by atoms with van der Waals surface area (Å²) in [5, 5.41) is 14.9. The van der Waals surface area contributed by atoms with Gasteiger partial charge in [-0.05, 0) is 25.0 Å². The first-order chi connectivity index (χ1) is 13.2. The smallest absolute Gasteiger partial charge is 0.256 e. The minimum absolute atomic E-state index is 0.0133. The number of aromatic amines is 1. The van der Waals surface area contributed by atoms with Crippen LogP contribution in [0.2, 0.25) is 0 Å². The summed E-state index contributed by atoms with van der Waals surface area (Å²) in [7, 11) is 1.49. The number of methoxy groups -OCH3 is 1. The number of phenols is 1. The Morgan fingerprint density at radius 3 is 2.96 bits per heavy atom. The first-order valence-corrected chi connectivity index (χ1v) is 9.22. The molecule has 1 aromatic heterocycles. The van der Waals surface area contributed by atoms with Gasteiger partial charge in [-0.25, -0.2) is 0 Å². The van der Waals surface area contributed by atoms with Crippen LogP contribution in [0.15, 0.2) is 42.6 Å². The fourth-order valence-electron chi connectivity index (χ4n) is 4.47. The molecule has 2 aliphatic rings. The topological polar surface area (TPSA) is 77.6 Å². The van der Waals surface area contributed by atoms with E-state index in [-0.39, 0.29) is 23.7 Å². The van der Waals surface area contributed by atoms with Crippen molar-refractivity contribution in [1.29, 1.82) is 0 Å². The highest BCUT2D eigenvalue weighted by Crippen LogP contribution is 2.42. The second kappa shape index (κ2) is 5.94. The fourth-order valence-corrected chi connectivity index (χ4v) is 4.47. The molecule has 0 aliphatic carbocycles. The van der Waals surface area contributed by atoms with Gasteiger partial charge in [-0.15, -0.1) is 0 Å². The summed E-state index contributed by atoms with van der Waals surface area (Å²) in [5.74, 6) is 0.321. The third kappa shape index (κ3) is 2.36. The maximum Gasteiger partial charge on any atom is 0.256 e. The Morgan fingerprint density at radius 2 is 2.11 bits per heavy atom. The average Bonchev–Trinajstić information content (AvgIpc) is 3.31. The lowest BCUT2D eigenvalue weighted by molar-refractivity contribution is 0.0731. The largest absolute Gasteiger partial charge is 0.504 e. The van der Waals surface area contributed by atoms with Gasteiger partial charge in [0, 0.05) is 35.3 Å². The minimum atomic E-state index is -0.0540. The maximum atomic E-state index is 13.2. The van der Waals surface area contributed by atoms with E-state index >= 15 is 0 Å². The van der Waals surface area contributed by atoms with Crippen molar-refractivity contribution >= 4 is 22.5 Å². The number of benzene rings is 2. The minimum Gasteiger partial charge on any atom is -0.504 e. The third-order valence-electron chi connectivity index (χ3n) is 5.76. The van der Waals surface area contributed by atoms with Crippen LogP contribution >= 0.6 is 0 Å². The number of rotatable bonds is 2. The lowest BCUT2D eigenvalue weighted by Crippen LogP contribution is -2.38. The molecular formula is C21H21N3O3. The zero-order valence-electron chi connectivity index (χ0n) is 15.0. The average molecular weight is 363 g/mol. The Balaban J connectivity index is 1.68. The van der Waals surface area contributed by atoms with Crippen molar-refractivity contribution in [1.82, 2.24) is 9.88 Å². The number of H-pyrrole nitrogens is 1. The van der Waals surface area contributed by atoms with E-state index in [1.807, 2.05) is 23.2 Å². The van der Waals surface area contributed by atoms with Crippen molar-refractivity contribution in [2.24, 2.45) is 0 Å². The van der Waals surface area contributed by atoms with Gasteiger partial charge in [0.25, 0.3) is 5.91 Å². The molecule has 1 amide bonds. The number of hydrogen-bond acceptors (Lipinski definition) is 4. The molecule has 0 bridgehead atoms. The number of aromatic hydroxyl groups is 1. The van der Waals surface area contributed by atoms with Crippen molar-refractivity contribution in [2.45, 2.75) is 24.9 Å². The molecule has 5 rings (SSSR count). The lowest BCUT2D eigenvalue weighted by Gasteiger charge is -2.29. The predicted molar refractivity (Wildman–Crippen MR) is 103 cm³/mol. The van der Waals surface area contributed by atoms with Crippen molar-refractivity contribution in [3.8, 4) is 11.5 Å². The zero-order valence-corrected chi connectivity index (χ0v) is 15.0. The Bertz CT molecular complexity index is 1040. The molecule has 6 heteroatoms. The van der Waals surface area contributed by atoms with Crippen LogP contribution in [0.3, 0.4) is 0 Å². The normalized spacial score (nSPS) is 21.5. The summed E-state index contributed by atoms with van der Waals surface area (Å²) in [5.41, 5.74) is 3.40. The van der Waals surface area contributed by atoms with Gasteiger partial charge < -0.3 is 25.0 Å². The van der Waals surface area contributed by atoms with Crippen LogP contribution in [0.1, 0.15) is 34.8 Å². The van der Waals surface area contributed by atoms with Gasteiger partial charge in [-0.1, -0.05) is 18.2 Å². The number of nitrogens with one attached hydrogen (secondary N) is 2. The molecule has 3 N–H and O–H groups in total. The number of para-hydroxylation sites is 1. The van der Waals surface area contributed by atoms with E-state index in [2.05, 4.69) is 22.4 Å². The molecule has 6 nitrogen and oxygen atoms in total. The van der Waals surface area contributed by atoms with Crippen LogP contribution in [0.5, 0.6) is 11.5 Å². The zero-order chi connectivity index (χ0) is 18.5. The van der Waals surface area contributed by atoms with Crippen molar-refractivity contribution < 1.29 is 14.6 Å². The number of amides is 1. The van der Waals surface area contributed by atoms with Gasteiger partial charge in [0.1, 0.15) is 0 Å². The van der Waals surface area contributed by atoms with Crippen molar-refractivity contribution in [2.75, 3.05) is 19.0 Å². The number of phenolic OH excluding ortho intramolecular Hbond substituents is 1. The number of fused-ring (bicyclic) bond motifs is 3. The number of ether oxygens (including phenoxy) is 1. The molecule has 0 spiro atoms. The fraction of sp³-hybridized carbons (Fsp3) is 0.286. The first-order valence-electron chi connectivity index (χ1n) is 9.22. The molecule has 3 aromatic rings. The van der Waals surface area contributed by atoms with Crippen LogP contribution in [0, 0.1) is 0 Å². The highest BCUT2D eigenvalue weighted by molar-refractivity contribution is 6.02. The van der Waals surface area contributed by atoms with Crippen LogP contribution in [-0.2, 0) is 0 Å².